The van der Waals surface area contributed by atoms with E-state index in [9.17, 15) is 0 Å². The second-order valence-corrected chi connectivity index (χ2v) is 29.2. The molecule has 2 aliphatic heterocycles. The predicted octanol–water partition coefficient (Wildman–Crippen LogP) is 23.7. The fraction of sp³-hybridized carbons (Fsp3) is 0.0833. The van der Waals surface area contributed by atoms with Crippen LogP contribution in [0.1, 0.15) is 93.1 Å². The van der Waals surface area contributed by atoms with Gasteiger partial charge in [0.2, 0.25) is 0 Å². The van der Waals surface area contributed by atoms with Crippen LogP contribution in [0.4, 0.5) is 0 Å². The second-order valence-electron chi connectivity index (χ2n) is 29.2. The molecule has 2 heteroatoms. The summed E-state index contributed by atoms with van der Waals surface area (Å²) in [7, 11) is 0. The number of para-hydroxylation sites is 5. The normalized spacial score (nSPS) is 18.2. The molecule has 4 heterocycles. The Morgan fingerprint density at radius 2 is 0.643 bits per heavy atom. The van der Waals surface area contributed by atoms with Gasteiger partial charge in [0.25, 0.3) is 0 Å². The number of aromatic nitrogens is 2. The number of hydrogen-bond acceptors (Lipinski definition) is 0. The third kappa shape index (κ3) is 6.77. The van der Waals surface area contributed by atoms with Gasteiger partial charge < -0.3 is 9.13 Å². The molecule has 2 aliphatic carbocycles. The van der Waals surface area contributed by atoms with Crippen LogP contribution < -0.4 is 0 Å². The minimum atomic E-state index is -0.669. The van der Waals surface area contributed by atoms with Crippen molar-refractivity contribution in [1.29, 1.82) is 0 Å². The summed E-state index contributed by atoms with van der Waals surface area (Å²) in [5.41, 5.74) is 27.7. The molecule has 3 unspecified atom stereocenters. The zero-order chi connectivity index (χ0) is 64.5. The largest absolute Gasteiger partial charge is 0.309 e. The molecule has 16 aromatic carbocycles. The molecule has 22 rings (SSSR count). The van der Waals surface area contributed by atoms with Crippen molar-refractivity contribution in [3.05, 3.63) is 394 Å². The van der Waals surface area contributed by atoms with Crippen molar-refractivity contribution in [2.75, 3.05) is 0 Å². The summed E-state index contributed by atoms with van der Waals surface area (Å²) >= 11 is 0. The third-order valence-electron chi connectivity index (χ3n) is 24.2. The highest BCUT2D eigenvalue weighted by Gasteiger charge is 2.55. The number of nitrogens with zero attached hydrogens (tertiary/aromatic N) is 2. The van der Waals surface area contributed by atoms with Gasteiger partial charge in [-0.25, -0.2) is 0 Å². The van der Waals surface area contributed by atoms with E-state index in [0.29, 0.717) is 0 Å². The standard InChI is InChI=1S/C96H64N2/c1-93(2)75-27-9-11-29-79(75)95(85-55-65(46-49-76(85)93)63-43-41-61-40-39-60-21-5-7-23-68(60)73(61)54-63)81-31-13-17-37-90(81)98-88-51-38-58(52-74(88)72-26-19-34-84(95)92(72)98)57-94(3)77-28-10-12-30-80(77)96(82-32-14-16-36-89(82)97-87-35-15-8-24-70(87)71-25-18-33-83(96)91(71)97)86-56-64(47-50-78(86)94)62-45-48-69-66(53-62)44-42-59-20-4-6-22-67(59)69/h4-56H,57H2,1-3H3. The summed E-state index contributed by atoms with van der Waals surface area (Å²) in [6.07, 6.45) is 0.785. The van der Waals surface area contributed by atoms with Crippen LogP contribution in [-0.2, 0) is 28.1 Å². The molecule has 4 aliphatic rings. The molecule has 0 saturated heterocycles. The van der Waals surface area contributed by atoms with Crippen molar-refractivity contribution in [3.63, 3.8) is 0 Å². The van der Waals surface area contributed by atoms with Gasteiger partial charge in [0, 0.05) is 32.4 Å². The first-order chi connectivity index (χ1) is 48.2. The maximum atomic E-state index is 2.62. The fourth-order valence-corrected chi connectivity index (χ4v) is 20.1. The minimum Gasteiger partial charge on any atom is -0.309 e. The number of benzene rings is 16. The molecule has 2 aromatic heterocycles. The lowest BCUT2D eigenvalue weighted by molar-refractivity contribution is 0.510. The van der Waals surface area contributed by atoms with Gasteiger partial charge in [-0.15, -0.1) is 0 Å². The minimum absolute atomic E-state index is 0.273. The van der Waals surface area contributed by atoms with Gasteiger partial charge in [-0.1, -0.05) is 288 Å². The third-order valence-corrected chi connectivity index (χ3v) is 24.2. The quantitative estimate of drug-likeness (QED) is 0.155. The van der Waals surface area contributed by atoms with Crippen LogP contribution in [0.15, 0.2) is 322 Å². The monoisotopic (exact) mass is 1240 g/mol. The smallest absolute Gasteiger partial charge is 0.0748 e. The van der Waals surface area contributed by atoms with Crippen molar-refractivity contribution in [2.45, 2.75) is 48.9 Å². The molecule has 18 aromatic rings. The van der Waals surface area contributed by atoms with E-state index in [2.05, 4.69) is 351 Å². The predicted molar refractivity (Wildman–Crippen MR) is 408 cm³/mol. The Balaban J connectivity index is 0.764. The van der Waals surface area contributed by atoms with E-state index >= 15 is 0 Å². The van der Waals surface area contributed by atoms with Gasteiger partial charge in [-0.2, -0.15) is 0 Å². The molecule has 2 spiro atoms. The summed E-state index contributed by atoms with van der Waals surface area (Å²) in [4.78, 5) is 0. The highest BCUT2D eigenvalue weighted by atomic mass is 15.0. The summed E-state index contributed by atoms with van der Waals surface area (Å²) in [5, 5.41) is 15.3. The summed E-state index contributed by atoms with van der Waals surface area (Å²) in [5.74, 6) is 0. The van der Waals surface area contributed by atoms with Crippen LogP contribution in [0, 0.1) is 0 Å². The topological polar surface area (TPSA) is 9.86 Å². The molecule has 0 N–H and O–H groups in total. The first-order valence-electron chi connectivity index (χ1n) is 34.8. The van der Waals surface area contributed by atoms with Crippen molar-refractivity contribution >= 4 is 86.7 Å². The number of hydrogen-bond donors (Lipinski definition) is 0. The van der Waals surface area contributed by atoms with Gasteiger partial charge in [0.15, 0.2) is 0 Å². The molecule has 3 atom stereocenters. The van der Waals surface area contributed by atoms with E-state index in [1.807, 2.05) is 0 Å². The van der Waals surface area contributed by atoms with Gasteiger partial charge in [-0.3, -0.25) is 0 Å². The fourth-order valence-electron chi connectivity index (χ4n) is 20.1. The average molecular weight is 1250 g/mol. The van der Waals surface area contributed by atoms with Crippen LogP contribution in [0.2, 0.25) is 0 Å². The van der Waals surface area contributed by atoms with Crippen LogP contribution in [0.25, 0.3) is 120 Å². The van der Waals surface area contributed by atoms with Gasteiger partial charge in [-0.05, 0) is 199 Å². The summed E-state index contributed by atoms with van der Waals surface area (Å²) < 4.78 is 5.19. The molecule has 0 radical (unpaired) electrons. The highest BCUT2D eigenvalue weighted by Crippen LogP contribution is 2.64. The lowest BCUT2D eigenvalue weighted by Crippen LogP contribution is -2.45. The Bertz CT molecular complexity index is 6600. The van der Waals surface area contributed by atoms with E-state index in [4.69, 9.17) is 0 Å². The molecule has 0 amide bonds. The van der Waals surface area contributed by atoms with Crippen LogP contribution in [0.5, 0.6) is 0 Å². The van der Waals surface area contributed by atoms with Crippen molar-refractivity contribution < 1.29 is 0 Å². The van der Waals surface area contributed by atoms with E-state index in [1.54, 1.807) is 0 Å². The molecule has 458 valence electrons. The molecular weight excluding hydrogens is 1180 g/mol. The summed E-state index contributed by atoms with van der Waals surface area (Å²) in [6.45, 7) is 7.43. The molecular formula is C96H64N2. The first kappa shape index (κ1) is 54.4. The van der Waals surface area contributed by atoms with Crippen LogP contribution in [0.3, 0.4) is 0 Å². The maximum absolute atomic E-state index is 2.62. The maximum Gasteiger partial charge on any atom is 0.0748 e. The molecule has 2 nitrogen and oxygen atoms in total. The number of rotatable bonds is 4. The van der Waals surface area contributed by atoms with Crippen molar-refractivity contribution in [1.82, 2.24) is 9.13 Å². The van der Waals surface area contributed by atoms with Crippen LogP contribution in [-0.4, -0.2) is 9.13 Å². The Morgan fingerprint density at radius 1 is 0.235 bits per heavy atom. The van der Waals surface area contributed by atoms with Gasteiger partial charge in [0.1, 0.15) is 0 Å². The second kappa shape index (κ2) is 19.2. The Morgan fingerprint density at radius 3 is 1.32 bits per heavy atom. The van der Waals surface area contributed by atoms with Gasteiger partial charge >= 0.3 is 0 Å². The molecule has 0 saturated carbocycles. The van der Waals surface area contributed by atoms with E-state index in [1.165, 1.54) is 193 Å². The van der Waals surface area contributed by atoms with Crippen molar-refractivity contribution in [2.24, 2.45) is 0 Å². The lowest BCUT2D eigenvalue weighted by Gasteiger charge is -2.51. The average Bonchev–Trinajstić information content (AvgIpc) is 1.18. The Labute approximate surface area is 568 Å². The molecule has 98 heavy (non-hydrogen) atoms. The molecule has 0 fully saturated rings. The van der Waals surface area contributed by atoms with E-state index in [-0.39, 0.29) is 5.41 Å². The zero-order valence-electron chi connectivity index (χ0n) is 54.7. The SMILES string of the molecule is CC1(C)c2ccccc2C2(c3ccccc3-n3c4ccc(CC5(C)c6ccccc6C6(c7ccccc7-n7c8ccccc8c8cccc6c87)c6cc(-c7ccc8c(ccc9ccccc98)c7)ccc65)cc4c4cccc2c43)c2cc(-c3ccc4ccc5ccccc5c4c3)ccc21. The Hall–Kier alpha value is -11.8. The Kier molecular flexibility index (Phi) is 10.7. The zero-order valence-corrected chi connectivity index (χ0v) is 54.7. The first-order valence-corrected chi connectivity index (χ1v) is 34.8. The van der Waals surface area contributed by atoms with Gasteiger partial charge in [0.05, 0.1) is 44.3 Å². The highest BCUT2D eigenvalue weighted by molar-refractivity contribution is 6.15. The van der Waals surface area contributed by atoms with E-state index in [0.717, 1.165) is 6.42 Å². The summed E-state index contributed by atoms with van der Waals surface area (Å²) in [6, 6.07) is 124. The van der Waals surface area contributed by atoms with E-state index < -0.39 is 16.2 Å². The molecule has 0 bridgehead atoms. The van der Waals surface area contributed by atoms with Crippen LogP contribution >= 0.6 is 0 Å². The number of fused-ring (bicyclic) bond motifs is 28. The van der Waals surface area contributed by atoms with Crippen molar-refractivity contribution in [3.8, 4) is 33.6 Å². The lowest BCUT2D eigenvalue weighted by atomic mass is 9.52.